The third-order valence-electron chi connectivity index (χ3n) is 3.22. The minimum absolute atomic E-state index is 0.242. The van der Waals surface area contributed by atoms with Gasteiger partial charge in [-0.25, -0.2) is 4.98 Å². The van der Waals surface area contributed by atoms with Gasteiger partial charge in [0.25, 0.3) is 0 Å². The number of carboxylic acids is 1. The molecule has 2 unspecified atom stereocenters. The summed E-state index contributed by atoms with van der Waals surface area (Å²) in [6, 6.07) is 0. The average molecular weight is 255 g/mol. The minimum Gasteiger partial charge on any atom is -0.480 e. The molecule has 0 spiro atoms. The first-order chi connectivity index (χ1) is 8.01. The summed E-state index contributed by atoms with van der Waals surface area (Å²) in [6.45, 7) is 0. The van der Waals surface area contributed by atoms with E-state index in [2.05, 4.69) is 4.98 Å². The number of rotatable bonds is 3. The number of hydrogen-bond acceptors (Lipinski definition) is 4. The summed E-state index contributed by atoms with van der Waals surface area (Å²) in [5.74, 6) is -0.886. The lowest BCUT2D eigenvalue weighted by molar-refractivity contribution is -0.144. The monoisotopic (exact) mass is 255 g/mol. The van der Waals surface area contributed by atoms with Crippen molar-refractivity contribution in [2.45, 2.75) is 41.6 Å². The number of aryl methyl sites for hydroxylation is 1. The van der Waals surface area contributed by atoms with E-state index >= 15 is 0 Å². The quantitative estimate of drug-likeness (QED) is 0.849. The van der Waals surface area contributed by atoms with Crippen LogP contribution in [-0.2, 0) is 11.8 Å². The summed E-state index contributed by atoms with van der Waals surface area (Å²) in [4.78, 5) is 15.4. The van der Waals surface area contributed by atoms with E-state index in [1.807, 2.05) is 17.8 Å². The molecule has 6 heteroatoms. The summed E-state index contributed by atoms with van der Waals surface area (Å²) in [6.07, 6.45) is 6.59. The van der Waals surface area contributed by atoms with Crippen LogP contribution >= 0.6 is 11.8 Å². The smallest absolute Gasteiger partial charge is 0.323 e. The third kappa shape index (κ3) is 2.63. The molecule has 2 rings (SSSR count). The standard InChI is InChI=1S/C11H17N3O2S/c1-14-6-5-13-10(14)17-8-3-2-4-11(12,7-8)9(15)16/h5-6,8H,2-4,7,12H2,1H3,(H,15,16). The third-order valence-corrected chi connectivity index (χ3v) is 4.56. The Morgan fingerprint density at radius 1 is 1.76 bits per heavy atom. The van der Waals surface area contributed by atoms with Crippen molar-refractivity contribution >= 4 is 17.7 Å². The Balaban J connectivity index is 2.03. The second kappa shape index (κ2) is 4.70. The fourth-order valence-electron chi connectivity index (χ4n) is 2.16. The number of carboxylic acid groups (broad SMARTS) is 1. The van der Waals surface area contributed by atoms with E-state index in [1.54, 1.807) is 18.0 Å². The van der Waals surface area contributed by atoms with Crippen molar-refractivity contribution in [3.63, 3.8) is 0 Å². The molecule has 1 aromatic heterocycles. The molecule has 1 heterocycles. The van der Waals surface area contributed by atoms with Crippen LogP contribution in [0.25, 0.3) is 0 Å². The van der Waals surface area contributed by atoms with Crippen LogP contribution < -0.4 is 5.73 Å². The van der Waals surface area contributed by atoms with E-state index in [1.165, 1.54) is 0 Å². The van der Waals surface area contributed by atoms with Gasteiger partial charge < -0.3 is 15.4 Å². The van der Waals surface area contributed by atoms with Crippen LogP contribution in [0, 0.1) is 0 Å². The lowest BCUT2D eigenvalue weighted by Crippen LogP contribution is -2.51. The van der Waals surface area contributed by atoms with Crippen LogP contribution in [0.2, 0.25) is 0 Å². The predicted octanol–water partition coefficient (Wildman–Crippen LogP) is 1.24. The lowest BCUT2D eigenvalue weighted by Gasteiger charge is -2.33. The Morgan fingerprint density at radius 3 is 3.12 bits per heavy atom. The molecule has 1 fully saturated rings. The Kier molecular flexibility index (Phi) is 3.44. The number of thioether (sulfide) groups is 1. The molecule has 0 radical (unpaired) electrons. The zero-order valence-corrected chi connectivity index (χ0v) is 10.6. The van der Waals surface area contributed by atoms with E-state index < -0.39 is 11.5 Å². The summed E-state index contributed by atoms with van der Waals surface area (Å²) in [5.41, 5.74) is 4.86. The van der Waals surface area contributed by atoms with Gasteiger partial charge in [-0.05, 0) is 25.7 Å². The molecule has 0 aromatic carbocycles. The van der Waals surface area contributed by atoms with Gasteiger partial charge in [-0.2, -0.15) is 0 Å². The maximum Gasteiger partial charge on any atom is 0.323 e. The van der Waals surface area contributed by atoms with E-state index in [-0.39, 0.29) is 5.25 Å². The van der Waals surface area contributed by atoms with E-state index in [0.717, 1.165) is 18.0 Å². The molecule has 1 saturated carbocycles. The van der Waals surface area contributed by atoms with E-state index in [9.17, 15) is 4.79 Å². The van der Waals surface area contributed by atoms with Gasteiger partial charge in [-0.1, -0.05) is 11.8 Å². The molecule has 3 N–H and O–H groups in total. The van der Waals surface area contributed by atoms with Crippen LogP contribution in [0.4, 0.5) is 0 Å². The summed E-state index contributed by atoms with van der Waals surface area (Å²) in [7, 11) is 1.94. The molecule has 0 saturated heterocycles. The van der Waals surface area contributed by atoms with E-state index in [0.29, 0.717) is 12.8 Å². The number of hydrogen-bond donors (Lipinski definition) is 2. The predicted molar refractivity (Wildman–Crippen MR) is 65.9 cm³/mol. The highest BCUT2D eigenvalue weighted by Gasteiger charge is 2.39. The Hall–Kier alpha value is -1.01. The molecule has 2 atom stereocenters. The molecular formula is C11H17N3O2S. The van der Waals surface area contributed by atoms with Crippen molar-refractivity contribution in [1.82, 2.24) is 9.55 Å². The Labute approximate surface area is 104 Å². The second-order valence-corrected chi connectivity index (χ2v) is 5.89. The SMILES string of the molecule is Cn1ccnc1SC1CCCC(N)(C(=O)O)C1. The second-order valence-electron chi connectivity index (χ2n) is 4.62. The highest BCUT2D eigenvalue weighted by Crippen LogP contribution is 2.36. The van der Waals surface area contributed by atoms with Gasteiger partial charge >= 0.3 is 5.97 Å². The molecule has 1 aliphatic carbocycles. The first kappa shape index (κ1) is 12.4. The fraction of sp³-hybridized carbons (Fsp3) is 0.636. The summed E-state index contributed by atoms with van der Waals surface area (Å²) in [5, 5.41) is 10.3. The maximum atomic E-state index is 11.1. The number of nitrogens with zero attached hydrogens (tertiary/aromatic N) is 2. The molecule has 0 bridgehead atoms. The van der Waals surface area contributed by atoms with Gasteiger partial charge in [0, 0.05) is 24.7 Å². The molecule has 1 aromatic rings. The number of aliphatic carboxylic acids is 1. The van der Waals surface area contributed by atoms with Crippen LogP contribution in [0.5, 0.6) is 0 Å². The van der Waals surface area contributed by atoms with Crippen molar-refractivity contribution in [3.8, 4) is 0 Å². The van der Waals surface area contributed by atoms with Crippen molar-refractivity contribution < 1.29 is 9.90 Å². The molecule has 5 nitrogen and oxygen atoms in total. The van der Waals surface area contributed by atoms with Gasteiger partial charge in [0.1, 0.15) is 5.54 Å². The molecule has 94 valence electrons. The zero-order valence-electron chi connectivity index (χ0n) is 9.80. The van der Waals surface area contributed by atoms with Crippen LogP contribution in [-0.4, -0.2) is 31.4 Å². The highest BCUT2D eigenvalue weighted by molar-refractivity contribution is 7.99. The highest BCUT2D eigenvalue weighted by atomic mass is 32.2. The normalized spacial score (nSPS) is 29.2. The van der Waals surface area contributed by atoms with Gasteiger partial charge in [0.05, 0.1) is 0 Å². The number of carbonyl (C=O) groups is 1. The molecule has 1 aliphatic rings. The van der Waals surface area contributed by atoms with Crippen molar-refractivity contribution in [3.05, 3.63) is 12.4 Å². The number of imidazole rings is 1. The average Bonchev–Trinajstić information content (AvgIpc) is 2.64. The van der Waals surface area contributed by atoms with Gasteiger partial charge in [0.2, 0.25) is 0 Å². The van der Waals surface area contributed by atoms with Crippen LogP contribution in [0.3, 0.4) is 0 Å². The lowest BCUT2D eigenvalue weighted by atomic mass is 9.82. The van der Waals surface area contributed by atoms with Crippen LogP contribution in [0.15, 0.2) is 17.6 Å². The van der Waals surface area contributed by atoms with Gasteiger partial charge in [0.15, 0.2) is 5.16 Å². The van der Waals surface area contributed by atoms with Crippen molar-refractivity contribution in [2.75, 3.05) is 0 Å². The number of aromatic nitrogens is 2. The van der Waals surface area contributed by atoms with Crippen molar-refractivity contribution in [2.24, 2.45) is 12.8 Å². The van der Waals surface area contributed by atoms with Crippen LogP contribution in [0.1, 0.15) is 25.7 Å². The largest absolute Gasteiger partial charge is 0.480 e. The minimum atomic E-state index is -1.05. The van der Waals surface area contributed by atoms with Crippen molar-refractivity contribution in [1.29, 1.82) is 0 Å². The van der Waals surface area contributed by atoms with E-state index in [4.69, 9.17) is 10.8 Å². The molecule has 0 amide bonds. The number of nitrogens with two attached hydrogens (primary N) is 1. The molecular weight excluding hydrogens is 238 g/mol. The molecule has 17 heavy (non-hydrogen) atoms. The Bertz CT molecular complexity index is 421. The molecule has 0 aliphatic heterocycles. The maximum absolute atomic E-state index is 11.1. The fourth-order valence-corrected chi connectivity index (χ4v) is 3.48. The Morgan fingerprint density at radius 2 is 2.53 bits per heavy atom. The summed E-state index contributed by atoms with van der Waals surface area (Å²) < 4.78 is 1.94. The zero-order chi connectivity index (χ0) is 12.5. The first-order valence-corrected chi connectivity index (χ1v) is 6.55. The first-order valence-electron chi connectivity index (χ1n) is 5.67. The van der Waals surface area contributed by atoms with Gasteiger partial charge in [-0.3, -0.25) is 4.79 Å². The van der Waals surface area contributed by atoms with Gasteiger partial charge in [-0.15, -0.1) is 0 Å². The topological polar surface area (TPSA) is 81.1 Å². The summed E-state index contributed by atoms with van der Waals surface area (Å²) >= 11 is 1.63.